The predicted molar refractivity (Wildman–Crippen MR) is 69.2 cm³/mol. The largest absolute Gasteiger partial charge is 0.396 e. The van der Waals surface area contributed by atoms with Crippen LogP contribution in [0.1, 0.15) is 19.8 Å². The Bertz CT molecular complexity index is 527. The van der Waals surface area contributed by atoms with E-state index in [9.17, 15) is 18.5 Å². The molecular weight excluding hydrogens is 272 g/mol. The van der Waals surface area contributed by atoms with E-state index in [0.29, 0.717) is 12.8 Å². The number of aliphatic hydroxyl groups is 1. The molecule has 1 aromatic carbocycles. The topological polar surface area (TPSA) is 110 Å². The van der Waals surface area contributed by atoms with Crippen molar-refractivity contribution in [3.05, 3.63) is 34.4 Å². The summed E-state index contributed by atoms with van der Waals surface area (Å²) < 4.78 is 26.4. The first kappa shape index (κ1) is 15.5. The minimum Gasteiger partial charge on any atom is -0.396 e. The van der Waals surface area contributed by atoms with E-state index in [1.807, 2.05) is 0 Å². The lowest BCUT2D eigenvalue weighted by molar-refractivity contribution is -0.384. The van der Waals surface area contributed by atoms with Crippen LogP contribution in [0.5, 0.6) is 0 Å². The van der Waals surface area contributed by atoms with Crippen LogP contribution in [0.4, 0.5) is 5.69 Å². The third-order valence-corrected chi connectivity index (χ3v) is 4.19. The lowest BCUT2D eigenvalue weighted by Gasteiger charge is -2.15. The molecule has 2 N–H and O–H groups in total. The molecule has 0 saturated carbocycles. The minimum atomic E-state index is -3.72. The fourth-order valence-corrected chi connectivity index (χ4v) is 2.89. The maximum absolute atomic E-state index is 12.0. The third-order valence-electron chi connectivity index (χ3n) is 2.65. The Kier molecular flexibility index (Phi) is 5.40. The molecule has 0 heterocycles. The minimum absolute atomic E-state index is 0.0329. The Balaban J connectivity index is 2.90. The molecule has 19 heavy (non-hydrogen) atoms. The van der Waals surface area contributed by atoms with Crippen molar-refractivity contribution < 1.29 is 18.4 Å². The molecule has 0 saturated heterocycles. The van der Waals surface area contributed by atoms with Crippen LogP contribution in [0.15, 0.2) is 29.2 Å². The highest BCUT2D eigenvalue weighted by atomic mass is 32.2. The molecule has 1 unspecified atom stereocenters. The number of hydrogen-bond donors (Lipinski definition) is 2. The summed E-state index contributed by atoms with van der Waals surface area (Å²) in [6, 6.07) is 4.30. The maximum atomic E-state index is 12.0. The SMILES string of the molecule is CCC(CCO)NS(=O)(=O)c1ccc([N+](=O)[O-])cc1. The Hall–Kier alpha value is -1.51. The zero-order valence-corrected chi connectivity index (χ0v) is 11.3. The summed E-state index contributed by atoms with van der Waals surface area (Å²) in [6.45, 7) is 1.69. The monoisotopic (exact) mass is 288 g/mol. The Morgan fingerprint density at radius 1 is 1.37 bits per heavy atom. The first-order valence-electron chi connectivity index (χ1n) is 5.78. The summed E-state index contributed by atoms with van der Waals surface area (Å²) in [7, 11) is -3.72. The maximum Gasteiger partial charge on any atom is 0.269 e. The third kappa shape index (κ3) is 4.27. The lowest BCUT2D eigenvalue weighted by Crippen LogP contribution is -2.35. The smallest absolute Gasteiger partial charge is 0.269 e. The Labute approximate surface area is 111 Å². The number of rotatable bonds is 7. The zero-order valence-electron chi connectivity index (χ0n) is 10.4. The van der Waals surface area contributed by atoms with Gasteiger partial charge in [0.15, 0.2) is 0 Å². The molecule has 0 aromatic heterocycles. The number of nitro groups is 1. The van der Waals surface area contributed by atoms with Gasteiger partial charge in [0, 0.05) is 24.8 Å². The van der Waals surface area contributed by atoms with Crippen LogP contribution in [-0.2, 0) is 10.0 Å². The van der Waals surface area contributed by atoms with Crippen molar-refractivity contribution in [2.24, 2.45) is 0 Å². The molecule has 0 aliphatic carbocycles. The van der Waals surface area contributed by atoms with Crippen molar-refractivity contribution in [2.75, 3.05) is 6.61 Å². The van der Waals surface area contributed by atoms with Crippen LogP contribution in [0.2, 0.25) is 0 Å². The molecule has 0 spiro atoms. The molecule has 1 atom stereocenters. The summed E-state index contributed by atoms with van der Waals surface area (Å²) >= 11 is 0. The summed E-state index contributed by atoms with van der Waals surface area (Å²) in [5.74, 6) is 0. The van der Waals surface area contributed by atoms with Crippen LogP contribution >= 0.6 is 0 Å². The number of nitrogens with zero attached hydrogens (tertiary/aromatic N) is 1. The van der Waals surface area contributed by atoms with Gasteiger partial charge in [-0.25, -0.2) is 13.1 Å². The van der Waals surface area contributed by atoms with E-state index in [4.69, 9.17) is 5.11 Å². The quantitative estimate of drug-likeness (QED) is 0.575. The lowest BCUT2D eigenvalue weighted by atomic mass is 10.2. The van der Waals surface area contributed by atoms with E-state index in [-0.39, 0.29) is 23.2 Å². The zero-order chi connectivity index (χ0) is 14.5. The molecule has 0 aliphatic heterocycles. The van der Waals surface area contributed by atoms with Gasteiger partial charge >= 0.3 is 0 Å². The number of benzene rings is 1. The van der Waals surface area contributed by atoms with Crippen LogP contribution < -0.4 is 4.72 Å². The van der Waals surface area contributed by atoms with Crippen LogP contribution in [-0.4, -0.2) is 31.1 Å². The molecule has 8 heteroatoms. The Morgan fingerprint density at radius 2 is 1.95 bits per heavy atom. The van der Waals surface area contributed by atoms with Gasteiger partial charge in [-0.15, -0.1) is 0 Å². The molecule has 0 aliphatic rings. The highest BCUT2D eigenvalue weighted by molar-refractivity contribution is 7.89. The summed E-state index contributed by atoms with van der Waals surface area (Å²) in [5.41, 5.74) is -0.165. The number of nitro benzene ring substituents is 1. The van der Waals surface area contributed by atoms with E-state index in [1.54, 1.807) is 6.92 Å². The second-order valence-electron chi connectivity index (χ2n) is 3.99. The van der Waals surface area contributed by atoms with E-state index < -0.39 is 14.9 Å². The summed E-state index contributed by atoms with van der Waals surface area (Å²) in [4.78, 5) is 9.86. The van der Waals surface area contributed by atoms with E-state index in [1.165, 1.54) is 12.1 Å². The Morgan fingerprint density at radius 3 is 2.37 bits per heavy atom. The summed E-state index contributed by atoms with van der Waals surface area (Å²) in [6.07, 6.45) is 0.871. The second-order valence-corrected chi connectivity index (χ2v) is 5.70. The van der Waals surface area contributed by atoms with Crippen LogP contribution in [0.25, 0.3) is 0 Å². The van der Waals surface area contributed by atoms with Gasteiger partial charge in [-0.3, -0.25) is 10.1 Å². The van der Waals surface area contributed by atoms with Gasteiger partial charge in [-0.2, -0.15) is 0 Å². The van der Waals surface area contributed by atoms with Crippen molar-refractivity contribution in [2.45, 2.75) is 30.7 Å². The molecule has 1 aromatic rings. The van der Waals surface area contributed by atoms with Crippen molar-refractivity contribution in [3.8, 4) is 0 Å². The highest BCUT2D eigenvalue weighted by Crippen LogP contribution is 2.16. The fourth-order valence-electron chi connectivity index (χ4n) is 1.54. The van der Waals surface area contributed by atoms with Crippen molar-refractivity contribution in [1.29, 1.82) is 0 Å². The highest BCUT2D eigenvalue weighted by Gasteiger charge is 2.19. The van der Waals surface area contributed by atoms with Crippen LogP contribution in [0, 0.1) is 10.1 Å². The average molecular weight is 288 g/mol. The van der Waals surface area contributed by atoms with Gasteiger partial charge < -0.3 is 5.11 Å². The van der Waals surface area contributed by atoms with E-state index >= 15 is 0 Å². The molecule has 0 radical (unpaired) electrons. The van der Waals surface area contributed by atoms with Gasteiger partial charge in [0.2, 0.25) is 10.0 Å². The van der Waals surface area contributed by atoms with Crippen molar-refractivity contribution >= 4 is 15.7 Å². The van der Waals surface area contributed by atoms with Gasteiger partial charge in [0.05, 0.1) is 9.82 Å². The van der Waals surface area contributed by atoms with Gasteiger partial charge in [0.1, 0.15) is 0 Å². The molecule has 0 amide bonds. The predicted octanol–water partition coefficient (Wildman–Crippen LogP) is 1.03. The molecule has 1 rings (SSSR count). The second kappa shape index (κ2) is 6.60. The molecule has 7 nitrogen and oxygen atoms in total. The molecular formula is C11H16N2O5S. The average Bonchev–Trinajstić information content (AvgIpc) is 2.38. The summed E-state index contributed by atoms with van der Waals surface area (Å²) in [5, 5.41) is 19.3. The molecule has 0 bridgehead atoms. The van der Waals surface area contributed by atoms with Crippen molar-refractivity contribution in [3.63, 3.8) is 0 Å². The van der Waals surface area contributed by atoms with Crippen molar-refractivity contribution in [1.82, 2.24) is 4.72 Å². The fraction of sp³-hybridized carbons (Fsp3) is 0.455. The van der Waals surface area contributed by atoms with Crippen LogP contribution in [0.3, 0.4) is 0 Å². The molecule has 106 valence electrons. The number of nitrogens with one attached hydrogen (secondary N) is 1. The normalized spacial score (nSPS) is 13.2. The van der Waals surface area contributed by atoms with Gasteiger partial charge in [0.25, 0.3) is 5.69 Å². The van der Waals surface area contributed by atoms with E-state index in [0.717, 1.165) is 12.1 Å². The van der Waals surface area contributed by atoms with Gasteiger partial charge in [-0.05, 0) is 25.0 Å². The number of aliphatic hydroxyl groups excluding tert-OH is 1. The number of non-ortho nitro benzene ring substituents is 1. The van der Waals surface area contributed by atoms with E-state index in [2.05, 4.69) is 4.72 Å². The first-order valence-corrected chi connectivity index (χ1v) is 7.26. The number of sulfonamides is 1. The standard InChI is InChI=1S/C11H16N2O5S/c1-2-9(7-8-14)12-19(17,18)11-5-3-10(4-6-11)13(15)16/h3-6,9,12,14H,2,7-8H2,1H3. The number of hydrogen-bond acceptors (Lipinski definition) is 5. The van der Waals surface area contributed by atoms with Gasteiger partial charge in [-0.1, -0.05) is 6.92 Å². The first-order chi connectivity index (χ1) is 8.90. The molecule has 0 fully saturated rings.